The summed E-state index contributed by atoms with van der Waals surface area (Å²) in [5.74, 6) is 0. The molecule has 0 aromatic heterocycles. The highest BCUT2D eigenvalue weighted by Crippen LogP contribution is 2.41. The van der Waals surface area contributed by atoms with Gasteiger partial charge < -0.3 is 10.1 Å². The van der Waals surface area contributed by atoms with E-state index in [0.29, 0.717) is 12.2 Å². The molecule has 0 aromatic carbocycles. The lowest BCUT2D eigenvalue weighted by molar-refractivity contribution is 0.373. The largest absolute Gasteiger partial charge is 0.370 e. The fraction of sp³-hybridized carbons (Fsp3) is 1.00. The van der Waals surface area contributed by atoms with Crippen LogP contribution in [-0.2, 0) is 4.74 Å². The molecule has 9 heavy (non-hydrogen) atoms. The summed E-state index contributed by atoms with van der Waals surface area (Å²) in [7, 11) is -0.217. The van der Waals surface area contributed by atoms with Crippen molar-refractivity contribution >= 4 is 9.68 Å². The summed E-state index contributed by atoms with van der Waals surface area (Å²) in [6.45, 7) is 0. The quantitative estimate of drug-likeness (QED) is 0.407. The normalized spacial score (nSPS) is 49.7. The summed E-state index contributed by atoms with van der Waals surface area (Å²) in [4.78, 5) is 0. The zero-order chi connectivity index (χ0) is 6.27. The molecular formula is C6H13NOSi. The number of nitrogens with two attached hydrogens (primary N) is 1. The van der Waals surface area contributed by atoms with Crippen molar-refractivity contribution in [2.75, 3.05) is 0 Å². The Labute approximate surface area is 57.7 Å². The van der Waals surface area contributed by atoms with Gasteiger partial charge in [0.2, 0.25) is 0 Å². The van der Waals surface area contributed by atoms with Gasteiger partial charge in [-0.15, -0.1) is 0 Å². The molecule has 1 aliphatic heterocycles. The predicted octanol–water partition coefficient (Wildman–Crippen LogP) is -0.231. The third-order valence-electron chi connectivity index (χ3n) is 2.45. The van der Waals surface area contributed by atoms with Crippen molar-refractivity contribution in [3.05, 3.63) is 0 Å². The number of rotatable bonds is 1. The zero-order valence-corrected chi connectivity index (χ0v) is 6.96. The number of hydrogen-bond acceptors (Lipinski definition) is 2. The highest BCUT2D eigenvalue weighted by Gasteiger charge is 2.43. The molecule has 2 N–H and O–H groups in total. The van der Waals surface area contributed by atoms with Gasteiger partial charge >= 0.3 is 0 Å². The fourth-order valence-corrected chi connectivity index (χ4v) is 2.69. The Bertz CT molecular complexity index is 120. The van der Waals surface area contributed by atoms with Crippen LogP contribution in [0.15, 0.2) is 0 Å². The van der Waals surface area contributed by atoms with E-state index in [0.717, 1.165) is 5.54 Å². The fourth-order valence-electron chi connectivity index (χ4n) is 1.70. The second-order valence-corrected chi connectivity index (χ2v) is 4.75. The van der Waals surface area contributed by atoms with Crippen molar-refractivity contribution in [3.63, 3.8) is 0 Å². The third-order valence-corrected chi connectivity index (χ3v) is 3.85. The summed E-state index contributed by atoms with van der Waals surface area (Å²) in [5, 5.41) is 5.67. The van der Waals surface area contributed by atoms with Crippen LogP contribution in [0.2, 0.25) is 5.54 Å². The van der Waals surface area contributed by atoms with Crippen molar-refractivity contribution < 1.29 is 4.74 Å². The topological polar surface area (TPSA) is 38.5 Å². The molecule has 1 aliphatic carbocycles. The first-order valence-corrected chi connectivity index (χ1v) is 5.39. The molecule has 1 saturated carbocycles. The molecule has 0 bridgehead atoms. The van der Waals surface area contributed by atoms with Crippen LogP contribution < -0.4 is 5.40 Å². The summed E-state index contributed by atoms with van der Waals surface area (Å²) < 4.78 is 5.38. The Morgan fingerprint density at radius 3 is 2.89 bits per heavy atom. The minimum Gasteiger partial charge on any atom is -0.370 e. The first-order valence-electron chi connectivity index (χ1n) is 3.75. The van der Waals surface area contributed by atoms with Crippen LogP contribution in [0.5, 0.6) is 0 Å². The monoisotopic (exact) mass is 143 g/mol. The van der Waals surface area contributed by atoms with E-state index in [2.05, 4.69) is 0 Å². The Morgan fingerprint density at radius 1 is 1.33 bits per heavy atom. The molecule has 1 heterocycles. The van der Waals surface area contributed by atoms with Gasteiger partial charge in [0.05, 0.1) is 21.9 Å². The van der Waals surface area contributed by atoms with Gasteiger partial charge in [0, 0.05) is 0 Å². The van der Waals surface area contributed by atoms with E-state index in [-0.39, 0.29) is 9.68 Å². The smallest absolute Gasteiger partial charge is 0.0920 e. The van der Waals surface area contributed by atoms with E-state index < -0.39 is 0 Å². The summed E-state index contributed by atoms with van der Waals surface area (Å²) in [5.41, 5.74) is 0.897. The average Bonchev–Trinajstić information content (AvgIpc) is 2.64. The highest BCUT2D eigenvalue weighted by atomic mass is 28.2. The first-order chi connectivity index (χ1) is 4.40. The molecule has 3 heteroatoms. The lowest BCUT2D eigenvalue weighted by Crippen LogP contribution is -2.19. The Hall–Kier alpha value is 0.137. The molecule has 0 radical (unpaired) electrons. The minimum absolute atomic E-state index is 0.217. The summed E-state index contributed by atoms with van der Waals surface area (Å²) in [6.07, 6.45) is 5.22. The van der Waals surface area contributed by atoms with Crippen molar-refractivity contribution in [3.8, 4) is 0 Å². The van der Waals surface area contributed by atoms with Gasteiger partial charge in [-0.25, -0.2) is 0 Å². The van der Waals surface area contributed by atoms with Crippen LogP contribution >= 0.6 is 0 Å². The number of ether oxygens (including phenoxy) is 1. The predicted molar refractivity (Wildman–Crippen MR) is 39.0 cm³/mol. The number of epoxide rings is 1. The maximum absolute atomic E-state index is 5.67. The highest BCUT2D eigenvalue weighted by molar-refractivity contribution is 6.33. The van der Waals surface area contributed by atoms with Crippen LogP contribution in [0.4, 0.5) is 0 Å². The van der Waals surface area contributed by atoms with Crippen molar-refractivity contribution in [1.29, 1.82) is 0 Å². The molecular weight excluding hydrogens is 130 g/mol. The van der Waals surface area contributed by atoms with Gasteiger partial charge in [-0.2, -0.15) is 0 Å². The molecule has 2 fully saturated rings. The third kappa shape index (κ3) is 1.04. The summed E-state index contributed by atoms with van der Waals surface area (Å²) in [6, 6.07) is 0. The van der Waals surface area contributed by atoms with E-state index in [1.807, 2.05) is 0 Å². The lowest BCUT2D eigenvalue weighted by Gasteiger charge is -2.14. The zero-order valence-electron chi connectivity index (χ0n) is 5.55. The molecule has 1 saturated heterocycles. The van der Waals surface area contributed by atoms with E-state index in [1.54, 1.807) is 0 Å². The number of hydrogen-bond donors (Lipinski definition) is 1. The van der Waals surface area contributed by atoms with Gasteiger partial charge in [-0.3, -0.25) is 0 Å². The van der Waals surface area contributed by atoms with Crippen LogP contribution in [0.25, 0.3) is 0 Å². The van der Waals surface area contributed by atoms with Crippen molar-refractivity contribution in [1.82, 2.24) is 0 Å². The first kappa shape index (κ1) is 5.89. The molecule has 3 atom stereocenters. The van der Waals surface area contributed by atoms with Gasteiger partial charge in [0.15, 0.2) is 0 Å². The molecule has 3 unspecified atom stereocenters. The Kier molecular flexibility index (Phi) is 1.36. The van der Waals surface area contributed by atoms with Crippen LogP contribution in [0.3, 0.4) is 0 Å². The van der Waals surface area contributed by atoms with E-state index in [9.17, 15) is 0 Å². The maximum Gasteiger partial charge on any atom is 0.0920 e. The molecule has 2 nitrogen and oxygen atoms in total. The average molecular weight is 143 g/mol. The molecule has 0 amide bonds. The van der Waals surface area contributed by atoms with Gasteiger partial charge in [-0.1, -0.05) is 0 Å². The van der Waals surface area contributed by atoms with E-state index >= 15 is 0 Å². The standard InChI is InChI=1S/C6H13NOSi/c7-9-4-1-2-5-6(3-4)8-5/h4-6H,1-3,7,9H2. The van der Waals surface area contributed by atoms with Gasteiger partial charge in [-0.05, 0) is 24.8 Å². The maximum atomic E-state index is 5.67. The lowest BCUT2D eigenvalue weighted by atomic mass is 10.0. The SMILES string of the molecule is N[SiH2]C1CCC2OC2C1. The molecule has 52 valence electrons. The molecule has 2 aliphatic rings. The Morgan fingerprint density at radius 2 is 2.22 bits per heavy atom. The number of fused-ring (bicyclic) bond motifs is 1. The van der Waals surface area contributed by atoms with Crippen molar-refractivity contribution in [2.24, 2.45) is 5.40 Å². The van der Waals surface area contributed by atoms with E-state index in [4.69, 9.17) is 10.1 Å². The second kappa shape index (κ2) is 2.07. The molecule has 0 aromatic rings. The summed E-state index contributed by atoms with van der Waals surface area (Å²) >= 11 is 0. The Balaban J connectivity index is 1.86. The van der Waals surface area contributed by atoms with Gasteiger partial charge in [0.1, 0.15) is 0 Å². The minimum atomic E-state index is -0.217. The molecule has 2 rings (SSSR count). The van der Waals surface area contributed by atoms with Crippen LogP contribution in [0, 0.1) is 0 Å². The van der Waals surface area contributed by atoms with Crippen molar-refractivity contribution in [2.45, 2.75) is 37.0 Å². The van der Waals surface area contributed by atoms with Gasteiger partial charge in [0.25, 0.3) is 0 Å². The van der Waals surface area contributed by atoms with E-state index in [1.165, 1.54) is 19.3 Å². The second-order valence-electron chi connectivity index (χ2n) is 3.13. The van der Waals surface area contributed by atoms with Crippen LogP contribution in [0.1, 0.15) is 19.3 Å². The van der Waals surface area contributed by atoms with Crippen LogP contribution in [-0.4, -0.2) is 21.9 Å². The molecule has 0 spiro atoms.